The Labute approximate surface area is 190 Å². The van der Waals surface area contributed by atoms with E-state index in [4.69, 9.17) is 4.74 Å². The molecule has 0 spiro atoms. The number of hydrogen-bond acceptors (Lipinski definition) is 6. The van der Waals surface area contributed by atoms with Gasteiger partial charge in [0.2, 0.25) is 5.01 Å². The predicted octanol–water partition coefficient (Wildman–Crippen LogP) is 4.52. The molecular formula is C23H25N5O3S. The molecule has 8 nitrogen and oxygen atoms in total. The van der Waals surface area contributed by atoms with Crippen LogP contribution < -0.4 is 15.4 Å². The van der Waals surface area contributed by atoms with Crippen LogP contribution in [0.25, 0.3) is 0 Å². The predicted molar refractivity (Wildman–Crippen MR) is 125 cm³/mol. The van der Waals surface area contributed by atoms with Crippen LogP contribution in [0.15, 0.2) is 48.5 Å². The van der Waals surface area contributed by atoms with Gasteiger partial charge >= 0.3 is 6.03 Å². The number of amides is 3. The lowest BCUT2D eigenvalue weighted by Crippen LogP contribution is -2.41. The molecule has 1 aliphatic heterocycles. The molecule has 0 radical (unpaired) electrons. The molecule has 3 aromatic rings. The number of hydrogen-bond donors (Lipinski definition) is 2. The van der Waals surface area contributed by atoms with Crippen LogP contribution in [-0.2, 0) is 0 Å². The summed E-state index contributed by atoms with van der Waals surface area (Å²) < 4.78 is 5.13. The Hall–Kier alpha value is -3.46. The van der Waals surface area contributed by atoms with Crippen molar-refractivity contribution >= 4 is 34.6 Å². The van der Waals surface area contributed by atoms with Gasteiger partial charge in [0.05, 0.1) is 7.11 Å². The maximum Gasteiger partial charge on any atom is 0.321 e. The first-order valence-electron chi connectivity index (χ1n) is 10.4. The summed E-state index contributed by atoms with van der Waals surface area (Å²) in [7, 11) is 1.59. The molecule has 2 heterocycles. The van der Waals surface area contributed by atoms with Crippen molar-refractivity contribution in [1.29, 1.82) is 0 Å². The van der Waals surface area contributed by atoms with Gasteiger partial charge in [-0.1, -0.05) is 23.5 Å². The number of urea groups is 1. The number of nitrogens with zero attached hydrogens (tertiary/aromatic N) is 3. The van der Waals surface area contributed by atoms with E-state index in [2.05, 4.69) is 20.8 Å². The summed E-state index contributed by atoms with van der Waals surface area (Å²) in [5.41, 5.74) is 2.53. The third-order valence-electron chi connectivity index (χ3n) is 5.31. The number of nitrogens with one attached hydrogen (secondary N) is 2. The van der Waals surface area contributed by atoms with Crippen molar-refractivity contribution < 1.29 is 14.3 Å². The second-order valence-electron chi connectivity index (χ2n) is 7.71. The van der Waals surface area contributed by atoms with Crippen LogP contribution in [0.2, 0.25) is 0 Å². The maximum atomic E-state index is 12.7. The first-order chi connectivity index (χ1) is 15.5. The standard InChI is InChI=1S/C23H25N5O3S/c1-15-5-3-7-18(13-15)25-23(30)28-12-4-6-16(14-28)21-26-27-22(32-21)20(29)24-17-8-10-19(31-2)11-9-17/h3,5,7-11,13,16H,4,6,12,14H2,1-2H3,(H,24,29)(H,25,30). The van der Waals surface area contributed by atoms with Crippen LogP contribution in [0, 0.1) is 6.92 Å². The fraction of sp³-hybridized carbons (Fsp3) is 0.304. The van der Waals surface area contributed by atoms with Crippen LogP contribution >= 0.6 is 11.3 Å². The van der Waals surface area contributed by atoms with Gasteiger partial charge in [0.25, 0.3) is 5.91 Å². The first-order valence-corrected chi connectivity index (χ1v) is 11.2. The minimum Gasteiger partial charge on any atom is -0.497 e. The summed E-state index contributed by atoms with van der Waals surface area (Å²) in [5, 5.41) is 15.2. The highest BCUT2D eigenvalue weighted by molar-refractivity contribution is 7.13. The zero-order chi connectivity index (χ0) is 22.5. The van der Waals surface area contributed by atoms with Gasteiger partial charge in [0, 0.05) is 30.4 Å². The van der Waals surface area contributed by atoms with Crippen molar-refractivity contribution in [3.63, 3.8) is 0 Å². The number of rotatable bonds is 5. The van der Waals surface area contributed by atoms with Gasteiger partial charge in [0.15, 0.2) is 0 Å². The number of piperidine rings is 1. The molecule has 1 fully saturated rings. The highest BCUT2D eigenvalue weighted by Crippen LogP contribution is 2.30. The fourth-order valence-corrected chi connectivity index (χ4v) is 4.50. The van der Waals surface area contributed by atoms with E-state index in [9.17, 15) is 9.59 Å². The van der Waals surface area contributed by atoms with Gasteiger partial charge in [0.1, 0.15) is 10.8 Å². The molecule has 0 saturated carbocycles. The van der Waals surface area contributed by atoms with Gasteiger partial charge < -0.3 is 20.3 Å². The summed E-state index contributed by atoms with van der Waals surface area (Å²) >= 11 is 1.28. The largest absolute Gasteiger partial charge is 0.497 e. The number of carbonyl (C=O) groups excluding carboxylic acids is 2. The fourth-order valence-electron chi connectivity index (χ4n) is 3.64. The van der Waals surface area contributed by atoms with Crippen molar-refractivity contribution in [1.82, 2.24) is 15.1 Å². The second-order valence-corrected chi connectivity index (χ2v) is 8.72. The zero-order valence-electron chi connectivity index (χ0n) is 18.0. The minimum atomic E-state index is -0.302. The van der Waals surface area contributed by atoms with Crippen LogP contribution in [0.4, 0.5) is 16.2 Å². The highest BCUT2D eigenvalue weighted by Gasteiger charge is 2.28. The Bertz CT molecular complexity index is 1100. The van der Waals surface area contributed by atoms with Crippen molar-refractivity contribution in [2.45, 2.75) is 25.7 Å². The van der Waals surface area contributed by atoms with Crippen LogP contribution in [-0.4, -0.2) is 47.2 Å². The van der Waals surface area contributed by atoms with Gasteiger partial charge in [-0.15, -0.1) is 10.2 Å². The number of anilines is 2. The number of ether oxygens (including phenoxy) is 1. The van der Waals surface area contributed by atoms with Gasteiger partial charge in [-0.25, -0.2) is 4.79 Å². The van der Waals surface area contributed by atoms with Crippen LogP contribution in [0.3, 0.4) is 0 Å². The normalized spacial score (nSPS) is 15.8. The van der Waals surface area contributed by atoms with Gasteiger partial charge in [-0.3, -0.25) is 4.79 Å². The lowest BCUT2D eigenvalue weighted by Gasteiger charge is -2.31. The Morgan fingerprint density at radius 2 is 1.91 bits per heavy atom. The molecule has 32 heavy (non-hydrogen) atoms. The molecular weight excluding hydrogens is 426 g/mol. The summed E-state index contributed by atoms with van der Waals surface area (Å²) in [4.78, 5) is 27.1. The molecule has 3 amide bonds. The molecule has 0 bridgehead atoms. The topological polar surface area (TPSA) is 96.4 Å². The molecule has 1 aliphatic rings. The van der Waals surface area contributed by atoms with E-state index in [0.29, 0.717) is 23.8 Å². The second kappa shape index (κ2) is 9.78. The first kappa shape index (κ1) is 21.8. The van der Waals surface area contributed by atoms with E-state index in [1.807, 2.05) is 31.2 Å². The lowest BCUT2D eigenvalue weighted by atomic mass is 9.99. The SMILES string of the molecule is COc1ccc(NC(=O)c2nnc(C3CCCN(C(=O)Nc4cccc(C)c4)C3)s2)cc1. The van der Waals surface area contributed by atoms with Gasteiger partial charge in [-0.2, -0.15) is 0 Å². The summed E-state index contributed by atoms with van der Waals surface area (Å²) in [6, 6.07) is 14.7. The molecule has 1 unspecified atom stereocenters. The molecule has 2 N–H and O–H groups in total. The number of benzene rings is 2. The minimum absolute atomic E-state index is 0.0621. The molecule has 1 saturated heterocycles. The molecule has 4 rings (SSSR count). The van der Waals surface area contributed by atoms with Gasteiger partial charge in [-0.05, 0) is 61.7 Å². The van der Waals surface area contributed by atoms with Crippen molar-refractivity contribution in [2.24, 2.45) is 0 Å². The average Bonchev–Trinajstić information content (AvgIpc) is 3.30. The Morgan fingerprint density at radius 1 is 1.09 bits per heavy atom. The monoisotopic (exact) mass is 451 g/mol. The molecule has 9 heteroatoms. The van der Waals surface area contributed by atoms with Crippen molar-refractivity contribution in [2.75, 3.05) is 30.8 Å². The number of aromatic nitrogens is 2. The molecule has 1 aromatic heterocycles. The highest BCUT2D eigenvalue weighted by atomic mass is 32.1. The lowest BCUT2D eigenvalue weighted by molar-refractivity contribution is 0.102. The number of carbonyl (C=O) groups is 2. The Balaban J connectivity index is 1.37. The van der Waals surface area contributed by atoms with Crippen LogP contribution in [0.1, 0.15) is 39.1 Å². The number of likely N-dealkylation sites (tertiary alicyclic amines) is 1. The van der Waals surface area contributed by atoms with E-state index in [-0.39, 0.29) is 17.9 Å². The Kier molecular flexibility index (Phi) is 6.65. The molecule has 1 atom stereocenters. The van der Waals surface area contributed by atoms with E-state index >= 15 is 0 Å². The zero-order valence-corrected chi connectivity index (χ0v) is 18.8. The maximum absolute atomic E-state index is 12.7. The summed E-state index contributed by atoms with van der Waals surface area (Å²) in [6.07, 6.45) is 1.78. The molecule has 0 aliphatic carbocycles. The van der Waals surface area contributed by atoms with E-state index in [0.717, 1.165) is 34.8 Å². The average molecular weight is 452 g/mol. The Morgan fingerprint density at radius 3 is 2.66 bits per heavy atom. The molecule has 2 aromatic carbocycles. The third kappa shape index (κ3) is 5.23. The van der Waals surface area contributed by atoms with Crippen LogP contribution in [0.5, 0.6) is 5.75 Å². The van der Waals surface area contributed by atoms with E-state index < -0.39 is 0 Å². The van der Waals surface area contributed by atoms with E-state index in [1.54, 1.807) is 36.3 Å². The van der Waals surface area contributed by atoms with Crippen molar-refractivity contribution in [3.05, 3.63) is 64.1 Å². The van der Waals surface area contributed by atoms with E-state index in [1.165, 1.54) is 11.3 Å². The summed E-state index contributed by atoms with van der Waals surface area (Å²) in [5.74, 6) is 0.477. The van der Waals surface area contributed by atoms with Crippen molar-refractivity contribution in [3.8, 4) is 5.75 Å². The number of aryl methyl sites for hydroxylation is 1. The third-order valence-corrected chi connectivity index (χ3v) is 6.39. The quantitative estimate of drug-likeness (QED) is 0.595. The number of methoxy groups -OCH3 is 1. The smallest absolute Gasteiger partial charge is 0.321 e. The summed E-state index contributed by atoms with van der Waals surface area (Å²) in [6.45, 7) is 3.23. The molecule has 166 valence electrons.